The molecule has 3 heteroatoms. The van der Waals surface area contributed by atoms with Gasteiger partial charge >= 0.3 is 0 Å². The van der Waals surface area contributed by atoms with Crippen LogP contribution in [0.5, 0.6) is 5.88 Å². The first-order valence-corrected chi connectivity index (χ1v) is 6.76. The number of hydrogen-bond acceptors (Lipinski definition) is 3. The third kappa shape index (κ3) is 4.15. The summed E-state index contributed by atoms with van der Waals surface area (Å²) < 4.78 is 5.04. The van der Waals surface area contributed by atoms with Crippen LogP contribution >= 0.6 is 0 Å². The normalized spacial score (nSPS) is 15.3. The van der Waals surface area contributed by atoms with Crippen LogP contribution in [0.25, 0.3) is 0 Å². The van der Waals surface area contributed by atoms with Gasteiger partial charge in [0.15, 0.2) is 0 Å². The molecule has 0 spiro atoms. The summed E-state index contributed by atoms with van der Waals surface area (Å²) in [4.78, 5) is 4.19. The highest BCUT2D eigenvalue weighted by atomic mass is 16.5. The van der Waals surface area contributed by atoms with Crippen molar-refractivity contribution in [1.29, 1.82) is 0 Å². The summed E-state index contributed by atoms with van der Waals surface area (Å²) in [6, 6.07) is 3.96. The van der Waals surface area contributed by atoms with Gasteiger partial charge < -0.3 is 10.1 Å². The smallest absolute Gasteiger partial charge is 0.212 e. The zero-order valence-corrected chi connectivity index (χ0v) is 11.1. The van der Waals surface area contributed by atoms with Gasteiger partial charge in [0.2, 0.25) is 5.88 Å². The molecule has 1 aliphatic rings. The van der Waals surface area contributed by atoms with Gasteiger partial charge in [0.25, 0.3) is 0 Å². The predicted molar refractivity (Wildman–Crippen MR) is 73.7 cm³/mol. The zero-order chi connectivity index (χ0) is 12.6. The Labute approximate surface area is 109 Å². The van der Waals surface area contributed by atoms with E-state index in [0.29, 0.717) is 5.88 Å². The number of nitrogens with one attached hydrogen (secondary N) is 1. The van der Waals surface area contributed by atoms with Crippen LogP contribution in [0.3, 0.4) is 0 Å². The topological polar surface area (TPSA) is 34.1 Å². The van der Waals surface area contributed by atoms with E-state index in [1.165, 1.54) is 37.7 Å². The molecule has 0 amide bonds. The van der Waals surface area contributed by atoms with Crippen LogP contribution in [0, 0.1) is 0 Å². The first-order chi connectivity index (χ1) is 8.88. The predicted octanol–water partition coefficient (Wildman–Crippen LogP) is 3.07. The van der Waals surface area contributed by atoms with Gasteiger partial charge in [0.1, 0.15) is 0 Å². The Bertz CT molecular complexity index is 384. The van der Waals surface area contributed by atoms with Crippen LogP contribution in [0.4, 0.5) is 0 Å². The number of hydrogen-bond donors (Lipinski definition) is 1. The standard InChI is InChI=1S/C15H22N2O/c1-18-15-8-7-14(12-17-15)11-16-10-9-13-5-3-2-4-6-13/h5,7-8,12,16H,2-4,6,9-11H2,1H3. The van der Waals surface area contributed by atoms with Crippen LogP contribution in [-0.4, -0.2) is 18.6 Å². The van der Waals surface area contributed by atoms with Gasteiger partial charge in [-0.05, 0) is 44.2 Å². The summed E-state index contributed by atoms with van der Waals surface area (Å²) in [5.41, 5.74) is 2.83. The Balaban J connectivity index is 1.66. The van der Waals surface area contributed by atoms with E-state index in [4.69, 9.17) is 4.74 Å². The molecule has 3 nitrogen and oxygen atoms in total. The van der Waals surface area contributed by atoms with Crippen molar-refractivity contribution >= 4 is 0 Å². The van der Waals surface area contributed by atoms with E-state index in [-0.39, 0.29) is 0 Å². The van der Waals surface area contributed by atoms with Crippen LogP contribution in [0.15, 0.2) is 30.0 Å². The maximum atomic E-state index is 5.04. The molecular formula is C15H22N2O. The minimum Gasteiger partial charge on any atom is -0.481 e. The lowest BCUT2D eigenvalue weighted by Crippen LogP contribution is -2.15. The van der Waals surface area contributed by atoms with Gasteiger partial charge in [0.05, 0.1) is 7.11 Å². The molecular weight excluding hydrogens is 224 g/mol. The highest BCUT2D eigenvalue weighted by Gasteiger charge is 2.03. The lowest BCUT2D eigenvalue weighted by molar-refractivity contribution is 0.397. The molecule has 0 unspecified atom stereocenters. The molecule has 1 aromatic rings. The summed E-state index contributed by atoms with van der Waals surface area (Å²) in [6.45, 7) is 1.93. The summed E-state index contributed by atoms with van der Waals surface area (Å²) in [5.74, 6) is 0.672. The molecule has 2 rings (SSSR count). The minimum atomic E-state index is 0.672. The van der Waals surface area contributed by atoms with Gasteiger partial charge in [-0.2, -0.15) is 0 Å². The largest absolute Gasteiger partial charge is 0.481 e. The van der Waals surface area contributed by atoms with Gasteiger partial charge in [0, 0.05) is 18.8 Å². The molecule has 1 aromatic heterocycles. The molecule has 0 aliphatic heterocycles. The summed E-state index contributed by atoms with van der Waals surface area (Å²) in [7, 11) is 1.64. The first kappa shape index (κ1) is 13.1. The van der Waals surface area contributed by atoms with Crippen molar-refractivity contribution in [2.75, 3.05) is 13.7 Å². The van der Waals surface area contributed by atoms with E-state index >= 15 is 0 Å². The Morgan fingerprint density at radius 2 is 2.28 bits per heavy atom. The van der Waals surface area contributed by atoms with E-state index < -0.39 is 0 Å². The SMILES string of the molecule is COc1ccc(CNCCC2=CCCCC2)cn1. The van der Waals surface area contributed by atoms with Crippen LogP contribution in [0.2, 0.25) is 0 Å². The summed E-state index contributed by atoms with van der Waals surface area (Å²) >= 11 is 0. The molecule has 0 saturated carbocycles. The van der Waals surface area contributed by atoms with Crippen molar-refractivity contribution in [3.63, 3.8) is 0 Å². The van der Waals surface area contributed by atoms with Gasteiger partial charge in [-0.25, -0.2) is 4.98 Å². The Morgan fingerprint density at radius 1 is 1.33 bits per heavy atom. The molecule has 1 N–H and O–H groups in total. The number of nitrogens with zero attached hydrogens (tertiary/aromatic N) is 1. The lowest BCUT2D eigenvalue weighted by Gasteiger charge is -2.12. The second-order valence-corrected chi connectivity index (χ2v) is 4.74. The fourth-order valence-corrected chi connectivity index (χ4v) is 2.25. The monoisotopic (exact) mass is 246 g/mol. The highest BCUT2D eigenvalue weighted by molar-refractivity contribution is 5.17. The summed E-state index contributed by atoms with van der Waals surface area (Å²) in [6.07, 6.45) is 10.8. The fraction of sp³-hybridized carbons (Fsp3) is 0.533. The maximum Gasteiger partial charge on any atom is 0.212 e. The Morgan fingerprint density at radius 3 is 2.94 bits per heavy atom. The number of pyridine rings is 1. The van der Waals surface area contributed by atoms with Crippen molar-refractivity contribution in [3.05, 3.63) is 35.5 Å². The third-order valence-electron chi connectivity index (χ3n) is 3.34. The van der Waals surface area contributed by atoms with E-state index in [1.807, 2.05) is 12.3 Å². The molecule has 0 fully saturated rings. The zero-order valence-electron chi connectivity index (χ0n) is 11.1. The number of aromatic nitrogens is 1. The van der Waals surface area contributed by atoms with E-state index in [0.717, 1.165) is 13.1 Å². The molecule has 0 aromatic carbocycles. The van der Waals surface area contributed by atoms with Crippen LogP contribution in [-0.2, 0) is 6.54 Å². The van der Waals surface area contributed by atoms with Crippen LogP contribution in [0.1, 0.15) is 37.7 Å². The molecule has 98 valence electrons. The van der Waals surface area contributed by atoms with Crippen molar-refractivity contribution in [1.82, 2.24) is 10.3 Å². The van der Waals surface area contributed by atoms with Crippen molar-refractivity contribution in [2.45, 2.75) is 38.6 Å². The van der Waals surface area contributed by atoms with Crippen LogP contribution < -0.4 is 10.1 Å². The molecule has 0 radical (unpaired) electrons. The average molecular weight is 246 g/mol. The highest BCUT2D eigenvalue weighted by Crippen LogP contribution is 2.19. The number of rotatable bonds is 6. The summed E-state index contributed by atoms with van der Waals surface area (Å²) in [5, 5.41) is 3.46. The molecule has 18 heavy (non-hydrogen) atoms. The third-order valence-corrected chi connectivity index (χ3v) is 3.34. The molecule has 0 atom stereocenters. The Kier molecular flexibility index (Phi) is 5.21. The van der Waals surface area contributed by atoms with Crippen molar-refractivity contribution in [3.8, 4) is 5.88 Å². The average Bonchev–Trinajstić information content (AvgIpc) is 2.45. The quantitative estimate of drug-likeness (QED) is 0.618. The second kappa shape index (κ2) is 7.17. The number of methoxy groups -OCH3 is 1. The van der Waals surface area contributed by atoms with Gasteiger partial charge in [-0.3, -0.25) is 0 Å². The van der Waals surface area contributed by atoms with Crippen molar-refractivity contribution < 1.29 is 4.74 Å². The number of allylic oxidation sites excluding steroid dienone is 1. The number of ether oxygens (including phenoxy) is 1. The van der Waals surface area contributed by atoms with Gasteiger partial charge in [-0.15, -0.1) is 0 Å². The van der Waals surface area contributed by atoms with Gasteiger partial charge in [-0.1, -0.05) is 17.7 Å². The fourth-order valence-electron chi connectivity index (χ4n) is 2.25. The minimum absolute atomic E-state index is 0.672. The molecule has 1 aliphatic carbocycles. The second-order valence-electron chi connectivity index (χ2n) is 4.74. The van der Waals surface area contributed by atoms with E-state index in [9.17, 15) is 0 Å². The van der Waals surface area contributed by atoms with E-state index in [1.54, 1.807) is 12.7 Å². The van der Waals surface area contributed by atoms with E-state index in [2.05, 4.69) is 22.4 Å². The van der Waals surface area contributed by atoms with Crippen molar-refractivity contribution in [2.24, 2.45) is 0 Å². The lowest BCUT2D eigenvalue weighted by atomic mass is 9.97. The molecule has 1 heterocycles. The maximum absolute atomic E-state index is 5.04. The molecule has 0 bridgehead atoms. The Hall–Kier alpha value is -1.35. The first-order valence-electron chi connectivity index (χ1n) is 6.76. The molecule has 0 saturated heterocycles.